The Morgan fingerprint density at radius 1 is 1.00 bits per heavy atom. The van der Waals surface area contributed by atoms with Gasteiger partial charge in [0.05, 0.1) is 0 Å². The summed E-state index contributed by atoms with van der Waals surface area (Å²) in [6, 6.07) is 0. The first-order chi connectivity index (χ1) is 8.31. The zero-order valence-electron chi connectivity index (χ0n) is 13.5. The summed E-state index contributed by atoms with van der Waals surface area (Å²) in [5.41, 5.74) is 0. The van der Waals surface area contributed by atoms with E-state index >= 15 is 0 Å². The fraction of sp³-hybridized carbons (Fsp3) is 1.00. The van der Waals surface area contributed by atoms with Crippen LogP contribution in [0, 0.1) is 5.92 Å². The molecule has 1 saturated heterocycles. The highest BCUT2D eigenvalue weighted by molar-refractivity contribution is 4.62. The molecular weight excluding hydrogens is 208 g/mol. The van der Waals surface area contributed by atoms with Crippen LogP contribution in [0.3, 0.4) is 0 Å². The lowest BCUT2D eigenvalue weighted by atomic mass is 10.0. The van der Waals surface area contributed by atoms with Gasteiger partial charge in [-0.2, -0.15) is 0 Å². The van der Waals surface area contributed by atoms with E-state index in [2.05, 4.69) is 31.4 Å². The maximum atomic E-state index is 3.32. The van der Waals surface area contributed by atoms with Crippen LogP contribution in [0.1, 0.15) is 67.7 Å². The number of rotatable bonds is 3. The number of nitrogens with one attached hydrogen (secondary N) is 2. The predicted octanol–water partition coefficient (Wildman–Crippen LogP) is 4.06. The summed E-state index contributed by atoms with van der Waals surface area (Å²) < 4.78 is 0. The lowest BCUT2D eigenvalue weighted by Gasteiger charge is -2.17. The highest BCUT2D eigenvalue weighted by Crippen LogP contribution is 2.08. The Morgan fingerprint density at radius 2 is 1.47 bits per heavy atom. The average molecular weight is 246 g/mol. The van der Waals surface area contributed by atoms with Gasteiger partial charge in [-0.15, -0.1) is 0 Å². The minimum Gasteiger partial charge on any atom is -0.317 e. The molecule has 0 saturated carbocycles. The largest absolute Gasteiger partial charge is 0.317 e. The molecule has 1 heterocycles. The molecule has 108 valence electrons. The molecule has 0 radical (unpaired) electrons. The van der Waals surface area contributed by atoms with E-state index in [1.165, 1.54) is 32.4 Å². The molecule has 1 fully saturated rings. The first kappa shape index (κ1) is 22.1. The molecule has 0 atom stereocenters. The Morgan fingerprint density at radius 3 is 1.65 bits per heavy atom. The van der Waals surface area contributed by atoms with Crippen molar-refractivity contribution in [3.05, 3.63) is 0 Å². The van der Waals surface area contributed by atoms with Crippen LogP contribution in [0.25, 0.3) is 0 Å². The lowest BCUT2D eigenvalue weighted by molar-refractivity contribution is 0.402. The lowest BCUT2D eigenvalue weighted by Crippen LogP contribution is -2.26. The second kappa shape index (κ2) is 24.9. The monoisotopic (exact) mass is 246 g/mol. The van der Waals surface area contributed by atoms with E-state index in [9.17, 15) is 0 Å². The zero-order chi connectivity index (χ0) is 13.9. The first-order valence-electron chi connectivity index (χ1n) is 7.72. The molecule has 0 amide bonds. The summed E-state index contributed by atoms with van der Waals surface area (Å²) in [6.07, 6.45) is 3.99. The second-order valence-corrected chi connectivity index (χ2v) is 3.79. The fourth-order valence-electron chi connectivity index (χ4n) is 1.32. The zero-order valence-corrected chi connectivity index (χ0v) is 13.5. The molecule has 1 rings (SSSR count). The van der Waals surface area contributed by atoms with E-state index in [1.54, 1.807) is 0 Å². The molecule has 0 aromatic heterocycles. The highest BCUT2D eigenvalue weighted by atomic mass is 14.9. The van der Waals surface area contributed by atoms with Gasteiger partial charge in [-0.1, -0.05) is 48.5 Å². The summed E-state index contributed by atoms with van der Waals surface area (Å²) in [5.74, 6) is 0.973. The van der Waals surface area contributed by atoms with Gasteiger partial charge >= 0.3 is 0 Å². The summed E-state index contributed by atoms with van der Waals surface area (Å²) in [4.78, 5) is 0. The molecule has 0 aromatic carbocycles. The molecule has 1 aliphatic rings. The van der Waals surface area contributed by atoms with E-state index in [0.29, 0.717) is 0 Å². The van der Waals surface area contributed by atoms with Gasteiger partial charge in [-0.3, -0.25) is 0 Å². The third-order valence-electron chi connectivity index (χ3n) is 2.30. The number of hydrogen-bond acceptors (Lipinski definition) is 2. The molecule has 0 bridgehead atoms. The van der Waals surface area contributed by atoms with Gasteiger partial charge in [0.25, 0.3) is 0 Å². The van der Waals surface area contributed by atoms with E-state index in [-0.39, 0.29) is 0 Å². The normalized spacial score (nSPS) is 14.3. The van der Waals surface area contributed by atoms with Gasteiger partial charge in [-0.05, 0) is 51.4 Å². The fourth-order valence-corrected chi connectivity index (χ4v) is 1.32. The van der Waals surface area contributed by atoms with Crippen LogP contribution < -0.4 is 10.6 Å². The molecular formula is C15H38N2. The van der Waals surface area contributed by atoms with Crippen LogP contribution in [0.5, 0.6) is 0 Å². The van der Waals surface area contributed by atoms with E-state index in [4.69, 9.17) is 0 Å². The molecule has 0 aromatic rings. The van der Waals surface area contributed by atoms with Crippen molar-refractivity contribution in [1.82, 2.24) is 10.6 Å². The van der Waals surface area contributed by atoms with Gasteiger partial charge in [0.2, 0.25) is 0 Å². The summed E-state index contributed by atoms with van der Waals surface area (Å²) in [5, 5.41) is 6.51. The molecule has 0 aliphatic carbocycles. The maximum absolute atomic E-state index is 3.32. The van der Waals surface area contributed by atoms with Gasteiger partial charge in [-0.25, -0.2) is 0 Å². The van der Waals surface area contributed by atoms with Gasteiger partial charge in [0.1, 0.15) is 0 Å². The molecule has 1 aliphatic heterocycles. The van der Waals surface area contributed by atoms with Crippen molar-refractivity contribution in [3.63, 3.8) is 0 Å². The Bertz CT molecular complexity index is 84.9. The third-order valence-corrected chi connectivity index (χ3v) is 2.30. The minimum absolute atomic E-state index is 0.973. The number of piperidine rings is 1. The maximum Gasteiger partial charge on any atom is -0.00464 e. The molecule has 0 spiro atoms. The van der Waals surface area contributed by atoms with Crippen LogP contribution in [-0.4, -0.2) is 26.2 Å². The first-order valence-corrected chi connectivity index (χ1v) is 7.72. The van der Waals surface area contributed by atoms with Crippen LogP contribution >= 0.6 is 0 Å². The Labute approximate surface area is 111 Å². The highest BCUT2D eigenvalue weighted by Gasteiger charge is 2.04. The quantitative estimate of drug-likeness (QED) is 0.734. The van der Waals surface area contributed by atoms with E-state index in [1.807, 2.05) is 27.7 Å². The van der Waals surface area contributed by atoms with Crippen molar-refractivity contribution in [2.45, 2.75) is 67.7 Å². The standard InChI is InChI=1S/C6H13N.C5H13N.2C2H6/c1-6-2-4-7-5-3-6;1-3-5-6-4-2;2*1-2/h6-7H,2-5H2,1H3;6H,3-5H2,1-2H3;2*1-2H3. The summed E-state index contributed by atoms with van der Waals surface area (Å²) in [7, 11) is 0. The number of hydrogen-bond donors (Lipinski definition) is 2. The minimum atomic E-state index is 0.973. The van der Waals surface area contributed by atoms with Crippen LogP contribution in [0.4, 0.5) is 0 Å². The SMILES string of the molecule is CC.CC.CC1CCNCC1.CCCNCC. The molecule has 0 unspecified atom stereocenters. The average Bonchev–Trinajstić information content (AvgIpc) is 2.42. The Balaban J connectivity index is -0.000000180. The van der Waals surface area contributed by atoms with Crippen molar-refractivity contribution in [1.29, 1.82) is 0 Å². The Kier molecular flexibility index (Phi) is 32.5. The van der Waals surface area contributed by atoms with E-state index in [0.717, 1.165) is 19.0 Å². The van der Waals surface area contributed by atoms with Gasteiger partial charge in [0, 0.05) is 0 Å². The van der Waals surface area contributed by atoms with Gasteiger partial charge in [0.15, 0.2) is 0 Å². The van der Waals surface area contributed by atoms with E-state index < -0.39 is 0 Å². The molecule has 2 N–H and O–H groups in total. The van der Waals surface area contributed by atoms with Gasteiger partial charge < -0.3 is 10.6 Å². The van der Waals surface area contributed by atoms with Crippen molar-refractivity contribution in [3.8, 4) is 0 Å². The Hall–Kier alpha value is -0.0800. The molecule has 2 nitrogen and oxygen atoms in total. The second-order valence-electron chi connectivity index (χ2n) is 3.79. The van der Waals surface area contributed by atoms with Crippen LogP contribution in [0.15, 0.2) is 0 Å². The molecule has 2 heteroatoms. The summed E-state index contributed by atoms with van der Waals surface area (Å²) in [6.45, 7) is 19.4. The van der Waals surface area contributed by atoms with Crippen molar-refractivity contribution in [2.75, 3.05) is 26.2 Å². The topological polar surface area (TPSA) is 24.1 Å². The third kappa shape index (κ3) is 25.9. The van der Waals surface area contributed by atoms with Crippen molar-refractivity contribution < 1.29 is 0 Å². The van der Waals surface area contributed by atoms with Crippen molar-refractivity contribution >= 4 is 0 Å². The predicted molar refractivity (Wildman–Crippen MR) is 82.8 cm³/mol. The van der Waals surface area contributed by atoms with Crippen LogP contribution in [-0.2, 0) is 0 Å². The molecule has 17 heavy (non-hydrogen) atoms. The van der Waals surface area contributed by atoms with Crippen molar-refractivity contribution in [2.24, 2.45) is 5.92 Å². The van der Waals surface area contributed by atoms with Crippen LogP contribution in [0.2, 0.25) is 0 Å². The summed E-state index contributed by atoms with van der Waals surface area (Å²) >= 11 is 0. The smallest absolute Gasteiger partial charge is 0.00464 e.